The monoisotopic (exact) mass is 262 g/mol. The highest BCUT2D eigenvalue weighted by Crippen LogP contribution is 2.05. The zero-order valence-corrected chi connectivity index (χ0v) is 11.4. The van der Waals surface area contributed by atoms with Crippen LogP contribution in [0.2, 0.25) is 0 Å². The summed E-state index contributed by atoms with van der Waals surface area (Å²) in [7, 11) is -2.94. The number of rotatable bonds is 4. The van der Waals surface area contributed by atoms with Crippen molar-refractivity contribution in [1.29, 1.82) is 0 Å². The number of nitrogens with one attached hydrogen (secondary N) is 1. The highest BCUT2D eigenvalue weighted by molar-refractivity contribution is 7.91. The lowest BCUT2D eigenvalue weighted by Gasteiger charge is -2.21. The third kappa shape index (κ3) is 5.04. The maximum absolute atomic E-state index is 11.9. The average molecular weight is 262 g/mol. The van der Waals surface area contributed by atoms with Gasteiger partial charge in [-0.05, 0) is 19.8 Å². The molecule has 1 aliphatic heterocycles. The van der Waals surface area contributed by atoms with E-state index in [1.165, 1.54) is 0 Å². The number of amides is 1. The SMILES string of the molecule is CCC(C)NCC(=O)N1CCCS(=O)(=O)CC1. The van der Waals surface area contributed by atoms with Crippen LogP contribution in [0.1, 0.15) is 26.7 Å². The maximum atomic E-state index is 11.9. The Labute approximate surface area is 103 Å². The van der Waals surface area contributed by atoms with Crippen molar-refractivity contribution in [1.82, 2.24) is 10.2 Å². The van der Waals surface area contributed by atoms with E-state index in [1.54, 1.807) is 4.90 Å². The number of hydrogen-bond donors (Lipinski definition) is 1. The molecule has 1 aliphatic rings. The molecular weight excluding hydrogens is 240 g/mol. The molecule has 1 N–H and O–H groups in total. The molecule has 1 heterocycles. The molecule has 5 nitrogen and oxygen atoms in total. The fraction of sp³-hybridized carbons (Fsp3) is 0.909. The lowest BCUT2D eigenvalue weighted by Crippen LogP contribution is -2.42. The van der Waals surface area contributed by atoms with Crippen LogP contribution in [-0.2, 0) is 14.6 Å². The van der Waals surface area contributed by atoms with Crippen molar-refractivity contribution in [3.63, 3.8) is 0 Å². The van der Waals surface area contributed by atoms with Gasteiger partial charge in [0.2, 0.25) is 5.91 Å². The third-order valence-electron chi connectivity index (χ3n) is 3.12. The number of carbonyl (C=O) groups excluding carboxylic acids is 1. The lowest BCUT2D eigenvalue weighted by atomic mass is 10.2. The number of sulfone groups is 1. The molecule has 17 heavy (non-hydrogen) atoms. The van der Waals surface area contributed by atoms with E-state index >= 15 is 0 Å². The van der Waals surface area contributed by atoms with Crippen LogP contribution in [0.15, 0.2) is 0 Å². The van der Waals surface area contributed by atoms with Crippen LogP contribution < -0.4 is 5.32 Å². The van der Waals surface area contributed by atoms with Gasteiger partial charge in [0, 0.05) is 19.1 Å². The van der Waals surface area contributed by atoms with Crippen molar-refractivity contribution in [2.24, 2.45) is 0 Å². The first kappa shape index (κ1) is 14.4. The molecule has 6 heteroatoms. The van der Waals surface area contributed by atoms with Crippen molar-refractivity contribution in [3.8, 4) is 0 Å². The predicted octanol–water partition coefficient (Wildman–Crippen LogP) is 0.0216. The van der Waals surface area contributed by atoms with Crippen LogP contribution in [-0.4, -0.2) is 56.4 Å². The molecule has 1 saturated heterocycles. The molecule has 100 valence electrons. The molecule has 1 amide bonds. The Bertz CT molecular complexity index is 354. The van der Waals surface area contributed by atoms with Gasteiger partial charge >= 0.3 is 0 Å². The zero-order valence-electron chi connectivity index (χ0n) is 10.6. The van der Waals surface area contributed by atoms with E-state index in [9.17, 15) is 13.2 Å². The third-order valence-corrected chi connectivity index (χ3v) is 4.84. The van der Waals surface area contributed by atoms with E-state index in [4.69, 9.17) is 0 Å². The Kier molecular flexibility index (Phi) is 5.39. The van der Waals surface area contributed by atoms with Gasteiger partial charge in [0.25, 0.3) is 0 Å². The summed E-state index contributed by atoms with van der Waals surface area (Å²) in [5, 5.41) is 3.13. The van der Waals surface area contributed by atoms with Gasteiger partial charge in [0.1, 0.15) is 0 Å². The van der Waals surface area contributed by atoms with Crippen molar-refractivity contribution in [2.75, 3.05) is 31.1 Å². The van der Waals surface area contributed by atoms with E-state index in [0.717, 1.165) is 6.42 Å². The number of nitrogens with zero attached hydrogens (tertiary/aromatic N) is 1. The summed E-state index contributed by atoms with van der Waals surface area (Å²) in [5.41, 5.74) is 0. The summed E-state index contributed by atoms with van der Waals surface area (Å²) in [6, 6.07) is 0.315. The van der Waals surface area contributed by atoms with Crippen LogP contribution in [0.3, 0.4) is 0 Å². The summed E-state index contributed by atoms with van der Waals surface area (Å²) in [6.45, 7) is 5.28. The fourth-order valence-corrected chi connectivity index (χ4v) is 2.98. The van der Waals surface area contributed by atoms with Crippen molar-refractivity contribution in [3.05, 3.63) is 0 Å². The van der Waals surface area contributed by atoms with E-state index in [2.05, 4.69) is 12.2 Å². The smallest absolute Gasteiger partial charge is 0.236 e. The average Bonchev–Trinajstić information content (AvgIpc) is 2.46. The van der Waals surface area contributed by atoms with Crippen molar-refractivity contribution in [2.45, 2.75) is 32.7 Å². The Morgan fingerprint density at radius 3 is 2.71 bits per heavy atom. The lowest BCUT2D eigenvalue weighted by molar-refractivity contribution is -0.130. The van der Waals surface area contributed by atoms with Crippen LogP contribution in [0.5, 0.6) is 0 Å². The van der Waals surface area contributed by atoms with E-state index < -0.39 is 9.84 Å². The van der Waals surface area contributed by atoms with Gasteiger partial charge in [-0.25, -0.2) is 8.42 Å². The molecule has 0 saturated carbocycles. The quantitative estimate of drug-likeness (QED) is 0.776. The minimum atomic E-state index is -2.94. The summed E-state index contributed by atoms with van der Waals surface area (Å²) >= 11 is 0. The summed E-state index contributed by atoms with van der Waals surface area (Å²) in [6.07, 6.45) is 1.53. The fourth-order valence-electron chi connectivity index (χ4n) is 1.71. The Morgan fingerprint density at radius 1 is 1.35 bits per heavy atom. The maximum Gasteiger partial charge on any atom is 0.236 e. The topological polar surface area (TPSA) is 66.5 Å². The van der Waals surface area contributed by atoms with Gasteiger partial charge in [-0.2, -0.15) is 0 Å². The molecule has 0 aromatic rings. The second-order valence-corrected chi connectivity index (χ2v) is 6.88. The van der Waals surface area contributed by atoms with Gasteiger partial charge in [0.05, 0.1) is 18.1 Å². The molecule has 0 radical (unpaired) electrons. The van der Waals surface area contributed by atoms with Gasteiger partial charge in [-0.3, -0.25) is 4.79 Å². The van der Waals surface area contributed by atoms with Gasteiger partial charge < -0.3 is 10.2 Å². The largest absolute Gasteiger partial charge is 0.341 e. The first-order valence-corrected chi connectivity index (χ1v) is 7.98. The van der Waals surface area contributed by atoms with Crippen molar-refractivity contribution < 1.29 is 13.2 Å². The van der Waals surface area contributed by atoms with Crippen LogP contribution >= 0.6 is 0 Å². The summed E-state index contributed by atoms with van der Waals surface area (Å²) < 4.78 is 22.8. The normalized spacial score (nSPS) is 21.9. The minimum absolute atomic E-state index is 0.00222. The molecule has 1 unspecified atom stereocenters. The molecule has 0 aliphatic carbocycles. The molecule has 0 spiro atoms. The Morgan fingerprint density at radius 2 is 2.06 bits per heavy atom. The second-order valence-electron chi connectivity index (χ2n) is 4.58. The molecular formula is C11H22N2O3S. The molecule has 0 bridgehead atoms. The van der Waals surface area contributed by atoms with Gasteiger partial charge in [0.15, 0.2) is 9.84 Å². The summed E-state index contributed by atoms with van der Waals surface area (Å²) in [5.74, 6) is 0.305. The van der Waals surface area contributed by atoms with Gasteiger partial charge in [-0.1, -0.05) is 6.92 Å². The highest BCUT2D eigenvalue weighted by Gasteiger charge is 2.22. The molecule has 1 atom stereocenters. The van der Waals surface area contributed by atoms with Crippen molar-refractivity contribution >= 4 is 15.7 Å². The first-order valence-electron chi connectivity index (χ1n) is 6.16. The molecule has 0 aromatic carbocycles. The van der Waals surface area contributed by atoms with Crippen LogP contribution in [0, 0.1) is 0 Å². The van der Waals surface area contributed by atoms with Crippen LogP contribution in [0.25, 0.3) is 0 Å². The molecule has 0 aromatic heterocycles. The van der Waals surface area contributed by atoms with E-state index in [1.807, 2.05) is 6.92 Å². The highest BCUT2D eigenvalue weighted by atomic mass is 32.2. The van der Waals surface area contributed by atoms with Gasteiger partial charge in [-0.15, -0.1) is 0 Å². The standard InChI is InChI=1S/C11H22N2O3S/c1-3-10(2)12-9-11(14)13-5-4-7-17(15,16)8-6-13/h10,12H,3-9H2,1-2H3. The molecule has 1 rings (SSSR count). The summed E-state index contributed by atoms with van der Waals surface area (Å²) in [4.78, 5) is 13.5. The zero-order chi connectivity index (χ0) is 12.9. The number of hydrogen-bond acceptors (Lipinski definition) is 4. The van der Waals surface area contributed by atoms with Crippen LogP contribution in [0.4, 0.5) is 0 Å². The van der Waals surface area contributed by atoms with E-state index in [-0.39, 0.29) is 17.4 Å². The number of carbonyl (C=O) groups is 1. The first-order chi connectivity index (χ1) is 7.94. The van der Waals surface area contributed by atoms with E-state index in [0.29, 0.717) is 32.1 Å². The predicted molar refractivity (Wildman–Crippen MR) is 67.6 cm³/mol. The second kappa shape index (κ2) is 6.35. The Balaban J connectivity index is 2.42. The Hall–Kier alpha value is -0.620. The minimum Gasteiger partial charge on any atom is -0.341 e. The molecule has 1 fully saturated rings.